The van der Waals surface area contributed by atoms with Crippen LogP contribution in [0.3, 0.4) is 0 Å². The van der Waals surface area contributed by atoms with Gasteiger partial charge in [0, 0.05) is 38.1 Å². The Bertz CT molecular complexity index is 869. The summed E-state index contributed by atoms with van der Waals surface area (Å²) in [4.78, 5) is 19.9. The number of likely N-dealkylation sites (tertiary alicyclic amines) is 1. The molecule has 0 bridgehead atoms. The van der Waals surface area contributed by atoms with Crippen molar-refractivity contribution in [2.24, 2.45) is 0 Å². The first-order chi connectivity index (χ1) is 13.2. The topological polar surface area (TPSA) is 51.7 Å². The molecule has 4 rings (SSSR count). The normalized spacial score (nSPS) is 23.1. The van der Waals surface area contributed by atoms with Crippen molar-refractivity contribution in [2.75, 3.05) is 27.3 Å². The van der Waals surface area contributed by atoms with Crippen molar-refractivity contribution in [3.05, 3.63) is 52.8 Å². The number of amides is 1. The van der Waals surface area contributed by atoms with Gasteiger partial charge in [0.05, 0.1) is 28.4 Å². The number of nitrogens with zero attached hydrogens (tertiary/aromatic N) is 2. The van der Waals surface area contributed by atoms with Gasteiger partial charge < -0.3 is 14.4 Å². The Hall–Kier alpha value is -2.18. The molecule has 1 aromatic heterocycles. The molecule has 1 aromatic carbocycles. The maximum atomic E-state index is 13.1. The fraction of sp³-hybridized carbons (Fsp3) is 0.429. The minimum Gasteiger partial charge on any atom is -0.497 e. The molecule has 2 heterocycles. The average Bonchev–Trinajstić information content (AvgIpc) is 3.17. The molecule has 0 saturated carbocycles. The third-order valence-electron chi connectivity index (χ3n) is 5.27. The van der Waals surface area contributed by atoms with Crippen LogP contribution < -0.4 is 0 Å². The van der Waals surface area contributed by atoms with Gasteiger partial charge in [0.2, 0.25) is 5.91 Å². The molecule has 5 nitrogen and oxygen atoms in total. The highest BCUT2D eigenvalue weighted by atomic mass is 32.1. The lowest BCUT2D eigenvalue weighted by Crippen LogP contribution is -2.40. The Kier molecular flexibility index (Phi) is 5.27. The fourth-order valence-corrected chi connectivity index (χ4v) is 4.89. The number of rotatable bonds is 4. The standard InChI is InChI=1S/C21H24N2O3S/c1-25-16-10-15(11-17(12-16)26-2)21(24)23-9-5-6-14(13-23)20-22-18-7-3-4-8-19(18)27-20/h3-4,7-8,10,12,14,17H,5-6,9,11,13H2,1-2H3. The smallest absolute Gasteiger partial charge is 0.250 e. The van der Waals surface area contributed by atoms with Crippen LogP contribution in [0.25, 0.3) is 10.2 Å². The average molecular weight is 385 g/mol. The van der Waals surface area contributed by atoms with Crippen LogP contribution in [0.2, 0.25) is 0 Å². The summed E-state index contributed by atoms with van der Waals surface area (Å²) >= 11 is 1.75. The quantitative estimate of drug-likeness (QED) is 0.803. The minimum absolute atomic E-state index is 0.0884. The molecule has 0 N–H and O–H groups in total. The van der Waals surface area contributed by atoms with Crippen LogP contribution in [0.15, 0.2) is 47.7 Å². The van der Waals surface area contributed by atoms with Gasteiger partial charge in [-0.25, -0.2) is 4.98 Å². The van der Waals surface area contributed by atoms with Crippen molar-refractivity contribution in [3.63, 3.8) is 0 Å². The third kappa shape index (κ3) is 3.77. The van der Waals surface area contributed by atoms with Crippen LogP contribution in [-0.2, 0) is 14.3 Å². The highest BCUT2D eigenvalue weighted by Crippen LogP contribution is 2.34. The van der Waals surface area contributed by atoms with Crippen molar-refractivity contribution in [3.8, 4) is 0 Å². The molecule has 27 heavy (non-hydrogen) atoms. The lowest BCUT2D eigenvalue weighted by molar-refractivity contribution is -0.128. The maximum absolute atomic E-state index is 13.1. The van der Waals surface area contributed by atoms with Crippen LogP contribution in [0, 0.1) is 0 Å². The molecule has 2 aromatic rings. The number of para-hydroxylation sites is 1. The number of hydrogen-bond donors (Lipinski definition) is 0. The van der Waals surface area contributed by atoms with E-state index in [0.717, 1.165) is 42.0 Å². The van der Waals surface area contributed by atoms with Gasteiger partial charge in [0.1, 0.15) is 5.76 Å². The molecular weight excluding hydrogens is 360 g/mol. The van der Waals surface area contributed by atoms with Crippen molar-refractivity contribution < 1.29 is 14.3 Å². The van der Waals surface area contributed by atoms with E-state index >= 15 is 0 Å². The second-order valence-electron chi connectivity index (χ2n) is 7.03. The molecule has 1 saturated heterocycles. The lowest BCUT2D eigenvalue weighted by atomic mass is 9.95. The molecule has 1 aliphatic heterocycles. The second-order valence-corrected chi connectivity index (χ2v) is 8.09. The fourth-order valence-electron chi connectivity index (χ4n) is 3.80. The van der Waals surface area contributed by atoms with Crippen molar-refractivity contribution in [1.82, 2.24) is 9.88 Å². The summed E-state index contributed by atoms with van der Waals surface area (Å²) in [6, 6.07) is 8.23. The summed E-state index contributed by atoms with van der Waals surface area (Å²) < 4.78 is 12.0. The van der Waals surface area contributed by atoms with Crippen LogP contribution in [-0.4, -0.2) is 49.2 Å². The van der Waals surface area contributed by atoms with E-state index in [-0.39, 0.29) is 12.0 Å². The van der Waals surface area contributed by atoms with Gasteiger partial charge in [0.15, 0.2) is 0 Å². The number of piperidine rings is 1. The molecular formula is C21H24N2O3S. The lowest BCUT2D eigenvalue weighted by Gasteiger charge is -2.33. The summed E-state index contributed by atoms with van der Waals surface area (Å²) in [5, 5.41) is 1.14. The zero-order chi connectivity index (χ0) is 18.8. The van der Waals surface area contributed by atoms with Crippen LogP contribution in [0.1, 0.15) is 30.2 Å². The zero-order valence-electron chi connectivity index (χ0n) is 15.7. The van der Waals surface area contributed by atoms with Gasteiger partial charge in [-0.15, -0.1) is 11.3 Å². The van der Waals surface area contributed by atoms with E-state index < -0.39 is 0 Å². The first kappa shape index (κ1) is 18.2. The molecule has 142 valence electrons. The van der Waals surface area contributed by atoms with E-state index in [4.69, 9.17) is 14.5 Å². The summed E-state index contributed by atoms with van der Waals surface area (Å²) in [6.45, 7) is 1.51. The number of methoxy groups -OCH3 is 2. The van der Waals surface area contributed by atoms with Gasteiger partial charge in [-0.2, -0.15) is 0 Å². The molecule has 6 heteroatoms. The Balaban J connectivity index is 1.51. The van der Waals surface area contributed by atoms with Crippen LogP contribution >= 0.6 is 11.3 Å². The van der Waals surface area contributed by atoms with Gasteiger partial charge in [-0.3, -0.25) is 4.79 Å². The number of fused-ring (bicyclic) bond motifs is 1. The van der Waals surface area contributed by atoms with Crippen molar-refractivity contribution in [1.29, 1.82) is 0 Å². The molecule has 2 aliphatic rings. The van der Waals surface area contributed by atoms with E-state index in [9.17, 15) is 4.79 Å². The second kappa shape index (κ2) is 7.82. The van der Waals surface area contributed by atoms with Gasteiger partial charge in [-0.05, 0) is 37.1 Å². The molecule has 1 amide bonds. The molecule has 2 atom stereocenters. The predicted molar refractivity (Wildman–Crippen MR) is 107 cm³/mol. The van der Waals surface area contributed by atoms with E-state index in [1.165, 1.54) is 4.70 Å². The molecule has 1 fully saturated rings. The van der Waals surface area contributed by atoms with Crippen LogP contribution in [0.5, 0.6) is 0 Å². The summed E-state index contributed by atoms with van der Waals surface area (Å²) in [5.74, 6) is 1.08. The zero-order valence-corrected chi connectivity index (χ0v) is 16.5. The van der Waals surface area contributed by atoms with E-state index in [1.54, 1.807) is 25.6 Å². The van der Waals surface area contributed by atoms with E-state index in [1.807, 2.05) is 29.2 Å². The highest BCUT2D eigenvalue weighted by molar-refractivity contribution is 7.18. The molecule has 0 spiro atoms. The predicted octanol–water partition coefficient (Wildman–Crippen LogP) is 3.88. The summed E-state index contributed by atoms with van der Waals surface area (Å²) in [6.07, 6.45) is 6.31. The molecule has 1 aliphatic carbocycles. The van der Waals surface area contributed by atoms with Crippen LogP contribution in [0.4, 0.5) is 0 Å². The summed E-state index contributed by atoms with van der Waals surface area (Å²) in [7, 11) is 3.28. The largest absolute Gasteiger partial charge is 0.497 e. The van der Waals surface area contributed by atoms with Crippen molar-refractivity contribution in [2.45, 2.75) is 31.3 Å². The van der Waals surface area contributed by atoms with E-state index in [0.29, 0.717) is 18.1 Å². The van der Waals surface area contributed by atoms with E-state index in [2.05, 4.69) is 12.1 Å². The number of ether oxygens (including phenoxy) is 2. The number of thiazole rings is 1. The molecule has 0 radical (unpaired) electrons. The Morgan fingerprint density at radius 2 is 2.15 bits per heavy atom. The first-order valence-corrected chi connectivity index (χ1v) is 10.1. The maximum Gasteiger partial charge on any atom is 0.250 e. The number of benzene rings is 1. The Morgan fingerprint density at radius 3 is 2.93 bits per heavy atom. The highest BCUT2D eigenvalue weighted by Gasteiger charge is 2.30. The number of carbonyl (C=O) groups is 1. The number of allylic oxidation sites excluding steroid dienone is 1. The summed E-state index contributed by atoms with van der Waals surface area (Å²) in [5.41, 5.74) is 1.81. The van der Waals surface area contributed by atoms with Gasteiger partial charge in [0.25, 0.3) is 0 Å². The number of carbonyl (C=O) groups excluding carboxylic acids is 1. The Morgan fingerprint density at radius 1 is 1.30 bits per heavy atom. The van der Waals surface area contributed by atoms with Crippen molar-refractivity contribution >= 4 is 27.5 Å². The number of aromatic nitrogens is 1. The monoisotopic (exact) mass is 384 g/mol. The minimum atomic E-state index is -0.117. The number of hydrogen-bond acceptors (Lipinski definition) is 5. The Labute approximate surface area is 163 Å². The SMILES string of the molecule is COC1=CC(OC)CC(C(=O)N2CCCC(c3nc4ccccc4s3)C2)=C1. The van der Waals surface area contributed by atoms with Gasteiger partial charge in [-0.1, -0.05) is 12.1 Å². The first-order valence-electron chi connectivity index (χ1n) is 9.32. The molecule has 2 unspecified atom stereocenters. The third-order valence-corrected chi connectivity index (χ3v) is 6.47. The van der Waals surface area contributed by atoms with Gasteiger partial charge >= 0.3 is 0 Å².